The molecular formula is C15H14N2OS2. The molecule has 0 radical (unpaired) electrons. The molecule has 3 nitrogen and oxygen atoms in total. The van der Waals surface area contributed by atoms with Gasteiger partial charge in [-0.1, -0.05) is 66.4 Å². The number of nitrogens with zero attached hydrogens (tertiary/aromatic N) is 1. The third kappa shape index (κ3) is 4.68. The number of hydrogen-bond acceptors (Lipinski definition) is 4. The molecular weight excluding hydrogens is 288 g/mol. The standard InChI is InChI=1S/C15H14N2OS2/c18-14-9-5-4-8-13(14)10-16-17-15(19)20-11-12-6-2-1-3-7-12/h1-10,18H,11H2,(H,17,19)/b16-10+. The summed E-state index contributed by atoms with van der Waals surface area (Å²) < 4.78 is 0.598. The van der Waals surface area contributed by atoms with E-state index in [-0.39, 0.29) is 5.75 Å². The van der Waals surface area contributed by atoms with Crippen LogP contribution in [0.4, 0.5) is 0 Å². The van der Waals surface area contributed by atoms with Gasteiger partial charge in [-0.25, -0.2) is 0 Å². The number of aromatic hydroxyl groups is 1. The van der Waals surface area contributed by atoms with E-state index in [9.17, 15) is 5.11 Å². The summed E-state index contributed by atoms with van der Waals surface area (Å²) in [6.07, 6.45) is 1.55. The number of hydrogen-bond donors (Lipinski definition) is 2. The van der Waals surface area contributed by atoms with Gasteiger partial charge >= 0.3 is 0 Å². The molecule has 0 spiro atoms. The van der Waals surface area contributed by atoms with Crippen LogP contribution >= 0.6 is 24.0 Å². The van der Waals surface area contributed by atoms with Crippen molar-refractivity contribution in [1.82, 2.24) is 5.43 Å². The van der Waals surface area contributed by atoms with Crippen molar-refractivity contribution in [2.75, 3.05) is 0 Å². The summed E-state index contributed by atoms with van der Waals surface area (Å²) in [5.41, 5.74) is 4.64. The van der Waals surface area contributed by atoms with E-state index >= 15 is 0 Å². The Labute approximate surface area is 127 Å². The lowest BCUT2D eigenvalue weighted by atomic mass is 10.2. The van der Waals surface area contributed by atoms with E-state index in [4.69, 9.17) is 12.2 Å². The average molecular weight is 302 g/mol. The van der Waals surface area contributed by atoms with Gasteiger partial charge in [0.25, 0.3) is 0 Å². The number of benzene rings is 2. The van der Waals surface area contributed by atoms with Gasteiger partial charge in [0, 0.05) is 11.3 Å². The molecule has 0 saturated heterocycles. The topological polar surface area (TPSA) is 44.6 Å². The maximum atomic E-state index is 9.57. The SMILES string of the molecule is Oc1ccccc1/C=N/NC(=S)SCc1ccccc1. The summed E-state index contributed by atoms with van der Waals surface area (Å²) in [7, 11) is 0. The fourth-order valence-corrected chi connectivity index (χ4v) is 2.34. The zero-order valence-corrected chi connectivity index (χ0v) is 12.3. The molecule has 2 N–H and O–H groups in total. The van der Waals surface area contributed by atoms with E-state index in [0.29, 0.717) is 9.88 Å². The van der Waals surface area contributed by atoms with E-state index in [1.807, 2.05) is 24.3 Å². The largest absolute Gasteiger partial charge is 0.507 e. The lowest BCUT2D eigenvalue weighted by Crippen LogP contribution is -2.11. The predicted octanol–water partition coefficient (Wildman–Crippen LogP) is 3.53. The maximum Gasteiger partial charge on any atom is 0.154 e. The van der Waals surface area contributed by atoms with Gasteiger partial charge in [-0.15, -0.1) is 0 Å². The minimum absolute atomic E-state index is 0.195. The molecule has 0 aliphatic rings. The minimum Gasteiger partial charge on any atom is -0.507 e. The summed E-state index contributed by atoms with van der Waals surface area (Å²) >= 11 is 6.69. The smallest absolute Gasteiger partial charge is 0.154 e. The van der Waals surface area contributed by atoms with Crippen LogP contribution in [0.25, 0.3) is 0 Å². The van der Waals surface area contributed by atoms with Gasteiger partial charge in [-0.2, -0.15) is 5.10 Å². The molecule has 0 aliphatic carbocycles. The number of phenolic OH excluding ortho intramolecular Hbond substituents is 1. The van der Waals surface area contributed by atoms with E-state index in [2.05, 4.69) is 22.7 Å². The minimum atomic E-state index is 0.195. The molecule has 0 heterocycles. The molecule has 2 aromatic rings. The fraction of sp³-hybridized carbons (Fsp3) is 0.0667. The highest BCUT2D eigenvalue weighted by atomic mass is 32.2. The Morgan fingerprint density at radius 2 is 1.85 bits per heavy atom. The second-order valence-electron chi connectivity index (χ2n) is 3.99. The number of thioether (sulfide) groups is 1. The zero-order valence-electron chi connectivity index (χ0n) is 10.7. The fourth-order valence-electron chi connectivity index (χ4n) is 1.51. The molecule has 0 atom stereocenters. The number of thiocarbonyl (C=S) groups is 1. The van der Waals surface area contributed by atoms with E-state index in [1.165, 1.54) is 17.3 Å². The van der Waals surface area contributed by atoms with Gasteiger partial charge in [0.05, 0.1) is 6.21 Å². The molecule has 0 aromatic heterocycles. The Morgan fingerprint density at radius 3 is 2.60 bits per heavy atom. The molecule has 0 fully saturated rings. The van der Waals surface area contributed by atoms with Crippen LogP contribution in [-0.4, -0.2) is 15.6 Å². The van der Waals surface area contributed by atoms with E-state index in [1.54, 1.807) is 24.4 Å². The second-order valence-corrected chi connectivity index (χ2v) is 5.64. The van der Waals surface area contributed by atoms with Crippen LogP contribution in [0.5, 0.6) is 5.75 Å². The highest BCUT2D eigenvalue weighted by Crippen LogP contribution is 2.14. The van der Waals surface area contributed by atoms with Crippen LogP contribution in [0.15, 0.2) is 59.7 Å². The van der Waals surface area contributed by atoms with Crippen molar-refractivity contribution in [3.05, 3.63) is 65.7 Å². The van der Waals surface area contributed by atoms with Crippen molar-refractivity contribution < 1.29 is 5.11 Å². The average Bonchev–Trinajstić information content (AvgIpc) is 2.48. The highest BCUT2D eigenvalue weighted by molar-refractivity contribution is 8.22. The molecule has 2 aromatic carbocycles. The van der Waals surface area contributed by atoms with Crippen LogP contribution in [-0.2, 0) is 5.75 Å². The van der Waals surface area contributed by atoms with Gasteiger partial charge in [0.2, 0.25) is 0 Å². The number of hydrazone groups is 1. The number of nitrogens with one attached hydrogen (secondary N) is 1. The Kier molecular flexibility index (Phi) is 5.58. The highest BCUT2D eigenvalue weighted by Gasteiger charge is 1.98. The molecule has 20 heavy (non-hydrogen) atoms. The van der Waals surface area contributed by atoms with E-state index < -0.39 is 0 Å². The van der Waals surface area contributed by atoms with Crippen LogP contribution in [0.1, 0.15) is 11.1 Å². The molecule has 5 heteroatoms. The molecule has 0 saturated carbocycles. The van der Waals surface area contributed by atoms with Crippen molar-refractivity contribution in [3.8, 4) is 5.75 Å². The van der Waals surface area contributed by atoms with Crippen LogP contribution in [0.3, 0.4) is 0 Å². The Hall–Kier alpha value is -1.85. The summed E-state index contributed by atoms with van der Waals surface area (Å²) in [6, 6.07) is 17.1. The molecule has 0 bridgehead atoms. The van der Waals surface area contributed by atoms with Gasteiger partial charge in [-0.3, -0.25) is 5.43 Å². The second kappa shape index (κ2) is 7.67. The summed E-state index contributed by atoms with van der Waals surface area (Å²) in [5, 5.41) is 13.6. The van der Waals surface area contributed by atoms with E-state index in [0.717, 1.165) is 5.75 Å². The third-order valence-electron chi connectivity index (χ3n) is 2.51. The lowest BCUT2D eigenvalue weighted by molar-refractivity contribution is 0.474. The normalized spacial score (nSPS) is 10.6. The number of para-hydroxylation sites is 1. The van der Waals surface area contributed by atoms with Crippen LogP contribution in [0.2, 0.25) is 0 Å². The Morgan fingerprint density at radius 1 is 1.15 bits per heavy atom. The van der Waals surface area contributed by atoms with Crippen LogP contribution in [0, 0.1) is 0 Å². The molecule has 2 rings (SSSR count). The van der Waals surface area contributed by atoms with Crippen molar-refractivity contribution in [2.24, 2.45) is 5.10 Å². The Bertz CT molecular complexity index is 600. The van der Waals surface area contributed by atoms with Crippen LogP contribution < -0.4 is 5.43 Å². The zero-order chi connectivity index (χ0) is 14.2. The van der Waals surface area contributed by atoms with Crippen molar-refractivity contribution in [1.29, 1.82) is 0 Å². The first-order valence-electron chi connectivity index (χ1n) is 6.03. The first-order chi connectivity index (χ1) is 9.75. The quantitative estimate of drug-likeness (QED) is 0.515. The monoisotopic (exact) mass is 302 g/mol. The van der Waals surface area contributed by atoms with Crippen molar-refractivity contribution in [3.63, 3.8) is 0 Å². The Balaban J connectivity index is 1.79. The summed E-state index contributed by atoms with van der Waals surface area (Å²) in [4.78, 5) is 0. The molecule has 0 amide bonds. The summed E-state index contributed by atoms with van der Waals surface area (Å²) in [5.74, 6) is 1.000. The maximum absolute atomic E-state index is 9.57. The van der Waals surface area contributed by atoms with Gasteiger partial charge in [0.1, 0.15) is 5.75 Å². The third-order valence-corrected chi connectivity index (χ3v) is 3.78. The van der Waals surface area contributed by atoms with Crippen molar-refractivity contribution in [2.45, 2.75) is 5.75 Å². The number of rotatable bonds is 4. The van der Waals surface area contributed by atoms with Gasteiger partial charge < -0.3 is 5.11 Å². The first kappa shape index (κ1) is 14.6. The number of phenols is 1. The predicted molar refractivity (Wildman–Crippen MR) is 89.2 cm³/mol. The molecule has 102 valence electrons. The lowest BCUT2D eigenvalue weighted by Gasteiger charge is -2.03. The van der Waals surface area contributed by atoms with Gasteiger partial charge in [-0.05, 0) is 17.7 Å². The van der Waals surface area contributed by atoms with Crippen molar-refractivity contribution >= 4 is 34.5 Å². The van der Waals surface area contributed by atoms with Gasteiger partial charge in [0.15, 0.2) is 4.32 Å². The summed E-state index contributed by atoms with van der Waals surface area (Å²) in [6.45, 7) is 0. The molecule has 0 aliphatic heterocycles. The molecule has 0 unspecified atom stereocenters. The first-order valence-corrected chi connectivity index (χ1v) is 7.43.